The first kappa shape index (κ1) is 25.0. The standard InChI is InChI=1S/C20H33N3O.2ClH/c1-3-23(19-10-5-4-6-11-19)14-8-13-22-20(24)15-17(2)18-9-7-12-21-16-18;;/h4-6,10-11,17-18,21H,3,7-9,12-16H2,1-2H3,(H,22,24);2*1H. The summed E-state index contributed by atoms with van der Waals surface area (Å²) in [6.45, 7) is 9.31. The quantitative estimate of drug-likeness (QED) is 0.614. The van der Waals surface area contributed by atoms with Crippen LogP contribution < -0.4 is 15.5 Å². The Labute approximate surface area is 171 Å². The van der Waals surface area contributed by atoms with Crippen LogP contribution in [0.2, 0.25) is 0 Å². The number of amides is 1. The topological polar surface area (TPSA) is 44.4 Å². The van der Waals surface area contributed by atoms with E-state index >= 15 is 0 Å². The van der Waals surface area contributed by atoms with Crippen LogP contribution in [0.1, 0.15) is 39.5 Å². The Morgan fingerprint density at radius 2 is 2.04 bits per heavy atom. The fraction of sp³-hybridized carbons (Fsp3) is 0.650. The van der Waals surface area contributed by atoms with Gasteiger partial charge >= 0.3 is 0 Å². The molecule has 1 aliphatic heterocycles. The molecule has 150 valence electrons. The van der Waals surface area contributed by atoms with Gasteiger partial charge in [-0.1, -0.05) is 25.1 Å². The van der Waals surface area contributed by atoms with E-state index in [1.54, 1.807) is 0 Å². The monoisotopic (exact) mass is 403 g/mol. The highest BCUT2D eigenvalue weighted by Crippen LogP contribution is 2.22. The normalized spacial score (nSPS) is 17.4. The molecule has 2 rings (SSSR count). The van der Waals surface area contributed by atoms with Gasteiger partial charge in [-0.3, -0.25) is 4.79 Å². The molecule has 1 saturated heterocycles. The van der Waals surface area contributed by atoms with Crippen LogP contribution in [0.5, 0.6) is 0 Å². The van der Waals surface area contributed by atoms with Crippen molar-refractivity contribution in [2.24, 2.45) is 11.8 Å². The molecule has 0 radical (unpaired) electrons. The molecule has 4 nitrogen and oxygen atoms in total. The lowest BCUT2D eigenvalue weighted by Gasteiger charge is -2.28. The summed E-state index contributed by atoms with van der Waals surface area (Å²) in [6.07, 6.45) is 4.13. The lowest BCUT2D eigenvalue weighted by atomic mass is 9.85. The van der Waals surface area contributed by atoms with Gasteiger partial charge in [-0.05, 0) is 63.2 Å². The molecule has 2 unspecified atom stereocenters. The highest BCUT2D eigenvalue weighted by Gasteiger charge is 2.21. The number of halogens is 2. The zero-order valence-corrected chi connectivity index (χ0v) is 17.7. The van der Waals surface area contributed by atoms with Gasteiger partial charge < -0.3 is 15.5 Å². The number of rotatable bonds is 9. The molecule has 0 saturated carbocycles. The molecular weight excluding hydrogens is 369 g/mol. The van der Waals surface area contributed by atoms with Gasteiger partial charge in [0.2, 0.25) is 5.91 Å². The molecule has 2 N–H and O–H groups in total. The minimum absolute atomic E-state index is 0. The lowest BCUT2D eigenvalue weighted by molar-refractivity contribution is -0.122. The summed E-state index contributed by atoms with van der Waals surface area (Å²) in [7, 11) is 0. The summed E-state index contributed by atoms with van der Waals surface area (Å²) in [5.74, 6) is 1.32. The van der Waals surface area contributed by atoms with Crippen molar-refractivity contribution in [1.82, 2.24) is 10.6 Å². The van der Waals surface area contributed by atoms with E-state index in [1.807, 2.05) is 6.07 Å². The highest BCUT2D eigenvalue weighted by atomic mass is 35.5. The maximum atomic E-state index is 12.1. The maximum Gasteiger partial charge on any atom is 0.220 e. The Morgan fingerprint density at radius 3 is 2.65 bits per heavy atom. The first-order valence-corrected chi connectivity index (χ1v) is 9.48. The summed E-state index contributed by atoms with van der Waals surface area (Å²) in [4.78, 5) is 14.5. The number of carbonyl (C=O) groups excluding carboxylic acids is 1. The summed E-state index contributed by atoms with van der Waals surface area (Å²) >= 11 is 0. The third kappa shape index (κ3) is 8.61. The van der Waals surface area contributed by atoms with E-state index in [1.165, 1.54) is 18.5 Å². The Morgan fingerprint density at radius 1 is 1.31 bits per heavy atom. The summed E-state index contributed by atoms with van der Waals surface area (Å²) in [5, 5.41) is 6.54. The molecule has 1 heterocycles. The highest BCUT2D eigenvalue weighted by molar-refractivity contribution is 5.85. The van der Waals surface area contributed by atoms with Gasteiger partial charge in [-0.25, -0.2) is 0 Å². The van der Waals surface area contributed by atoms with Crippen LogP contribution in [0.4, 0.5) is 5.69 Å². The van der Waals surface area contributed by atoms with Crippen LogP contribution in [0.15, 0.2) is 30.3 Å². The third-order valence-electron chi connectivity index (χ3n) is 5.08. The fourth-order valence-corrected chi connectivity index (χ4v) is 3.50. The number of carbonyl (C=O) groups is 1. The van der Waals surface area contributed by atoms with Gasteiger partial charge in [0.15, 0.2) is 0 Å². The molecule has 1 amide bonds. The van der Waals surface area contributed by atoms with Crippen LogP contribution in [0.3, 0.4) is 0 Å². The van der Waals surface area contributed by atoms with Crippen LogP contribution >= 0.6 is 24.8 Å². The second-order valence-electron chi connectivity index (χ2n) is 6.91. The third-order valence-corrected chi connectivity index (χ3v) is 5.08. The molecule has 0 bridgehead atoms. The number of benzene rings is 1. The van der Waals surface area contributed by atoms with Crippen molar-refractivity contribution in [2.45, 2.75) is 39.5 Å². The Balaban J connectivity index is 0.00000312. The van der Waals surface area contributed by atoms with E-state index in [0.717, 1.165) is 39.1 Å². The van der Waals surface area contributed by atoms with Gasteiger partial charge in [-0.2, -0.15) is 0 Å². The molecule has 1 aliphatic rings. The van der Waals surface area contributed by atoms with Gasteiger partial charge in [0.25, 0.3) is 0 Å². The van der Waals surface area contributed by atoms with Gasteiger partial charge in [0, 0.05) is 31.7 Å². The summed E-state index contributed by atoms with van der Waals surface area (Å²) in [5.41, 5.74) is 1.25. The van der Waals surface area contributed by atoms with Gasteiger partial charge in [-0.15, -0.1) is 24.8 Å². The lowest BCUT2D eigenvalue weighted by Crippen LogP contribution is -2.36. The molecule has 0 spiro atoms. The predicted molar refractivity (Wildman–Crippen MR) is 116 cm³/mol. The van der Waals surface area contributed by atoms with Crippen LogP contribution in [-0.2, 0) is 4.79 Å². The first-order chi connectivity index (χ1) is 11.7. The number of nitrogens with zero attached hydrogens (tertiary/aromatic N) is 1. The SMILES string of the molecule is CCN(CCCNC(=O)CC(C)C1CCCNC1)c1ccccc1.Cl.Cl. The van der Waals surface area contributed by atoms with Crippen molar-refractivity contribution < 1.29 is 4.79 Å². The van der Waals surface area contributed by atoms with E-state index in [9.17, 15) is 4.79 Å². The number of anilines is 1. The summed E-state index contributed by atoms with van der Waals surface area (Å²) < 4.78 is 0. The van der Waals surface area contributed by atoms with Gasteiger partial charge in [0.1, 0.15) is 0 Å². The predicted octanol–water partition coefficient (Wildman–Crippen LogP) is 3.89. The molecule has 0 aliphatic carbocycles. The van der Waals surface area contributed by atoms with E-state index < -0.39 is 0 Å². The molecule has 2 atom stereocenters. The van der Waals surface area contributed by atoms with E-state index in [0.29, 0.717) is 18.3 Å². The molecular formula is C20H35Cl2N3O. The van der Waals surface area contributed by atoms with Crippen molar-refractivity contribution in [1.29, 1.82) is 0 Å². The average Bonchev–Trinajstić information content (AvgIpc) is 2.63. The zero-order valence-electron chi connectivity index (χ0n) is 16.1. The number of nitrogens with one attached hydrogen (secondary N) is 2. The molecule has 1 fully saturated rings. The van der Waals surface area contributed by atoms with Crippen LogP contribution in [0.25, 0.3) is 0 Å². The molecule has 0 aromatic heterocycles. The molecule has 26 heavy (non-hydrogen) atoms. The van der Waals surface area contributed by atoms with Gasteiger partial charge in [0.05, 0.1) is 0 Å². The van der Waals surface area contributed by atoms with Crippen molar-refractivity contribution in [3.05, 3.63) is 30.3 Å². The minimum atomic E-state index is 0. The van der Waals surface area contributed by atoms with Crippen LogP contribution in [0, 0.1) is 11.8 Å². The largest absolute Gasteiger partial charge is 0.372 e. The summed E-state index contributed by atoms with van der Waals surface area (Å²) in [6, 6.07) is 10.5. The number of hydrogen-bond acceptors (Lipinski definition) is 3. The molecule has 1 aromatic rings. The maximum absolute atomic E-state index is 12.1. The number of hydrogen-bond donors (Lipinski definition) is 2. The fourth-order valence-electron chi connectivity index (χ4n) is 3.50. The van der Waals surface area contributed by atoms with E-state index in [2.05, 4.69) is 53.6 Å². The Kier molecular flexibility index (Phi) is 13.6. The molecule has 6 heteroatoms. The number of piperidine rings is 1. The average molecular weight is 404 g/mol. The Hall–Kier alpha value is -0.970. The number of para-hydroxylation sites is 1. The minimum Gasteiger partial charge on any atom is -0.372 e. The first-order valence-electron chi connectivity index (χ1n) is 9.48. The van der Waals surface area contributed by atoms with E-state index in [4.69, 9.17) is 0 Å². The molecule has 1 aromatic carbocycles. The van der Waals surface area contributed by atoms with Crippen molar-refractivity contribution in [3.8, 4) is 0 Å². The second-order valence-corrected chi connectivity index (χ2v) is 6.91. The van der Waals surface area contributed by atoms with Crippen molar-refractivity contribution in [3.63, 3.8) is 0 Å². The van der Waals surface area contributed by atoms with Crippen molar-refractivity contribution in [2.75, 3.05) is 37.6 Å². The smallest absolute Gasteiger partial charge is 0.220 e. The van der Waals surface area contributed by atoms with E-state index in [-0.39, 0.29) is 30.7 Å². The second kappa shape index (κ2) is 14.1. The van der Waals surface area contributed by atoms with Crippen LogP contribution in [-0.4, -0.2) is 38.6 Å². The Bertz CT molecular complexity index is 481. The zero-order chi connectivity index (χ0) is 17.2. The van der Waals surface area contributed by atoms with Crippen molar-refractivity contribution >= 4 is 36.4 Å².